The molecule has 1 aromatic rings. The fourth-order valence-corrected chi connectivity index (χ4v) is 1.45. The Labute approximate surface area is 96.8 Å². The smallest absolute Gasteiger partial charge is 0.214 e. The van der Waals surface area contributed by atoms with Gasteiger partial charge in [-0.3, -0.25) is 0 Å². The normalized spacial score (nSPS) is 12.5. The van der Waals surface area contributed by atoms with Gasteiger partial charge in [0.25, 0.3) is 0 Å². The Morgan fingerprint density at radius 2 is 2.19 bits per heavy atom. The number of pyridine rings is 1. The van der Waals surface area contributed by atoms with Gasteiger partial charge in [-0.25, -0.2) is 4.98 Å². The maximum absolute atomic E-state index is 5.65. The van der Waals surface area contributed by atoms with Gasteiger partial charge < -0.3 is 15.2 Å². The van der Waals surface area contributed by atoms with Crippen molar-refractivity contribution in [1.82, 2.24) is 4.98 Å². The predicted octanol–water partition coefficient (Wildman–Crippen LogP) is 1.52. The van der Waals surface area contributed by atoms with Crippen LogP contribution in [0, 0.1) is 0 Å². The van der Waals surface area contributed by atoms with Crippen LogP contribution >= 0.6 is 0 Å². The zero-order chi connectivity index (χ0) is 12.0. The summed E-state index contributed by atoms with van der Waals surface area (Å²) in [6, 6.07) is 3.89. The molecule has 0 spiro atoms. The lowest BCUT2D eigenvalue weighted by atomic mass is 10.2. The second-order valence-electron chi connectivity index (χ2n) is 3.75. The minimum absolute atomic E-state index is 0.00442. The summed E-state index contributed by atoms with van der Waals surface area (Å²) >= 11 is 0. The molecule has 0 aromatic carbocycles. The molecule has 0 saturated heterocycles. The third-order valence-corrected chi connectivity index (χ3v) is 2.24. The van der Waals surface area contributed by atoms with E-state index in [0.717, 1.165) is 17.7 Å². The Morgan fingerprint density at radius 1 is 1.44 bits per heavy atom. The number of methoxy groups -OCH3 is 1. The Morgan fingerprint density at radius 3 is 2.75 bits per heavy atom. The first kappa shape index (κ1) is 12.9. The fraction of sp³-hybridized carbons (Fsp3) is 0.583. The number of rotatable bonds is 6. The molecule has 4 nitrogen and oxygen atoms in total. The van der Waals surface area contributed by atoms with Gasteiger partial charge in [-0.05, 0) is 25.0 Å². The molecule has 16 heavy (non-hydrogen) atoms. The van der Waals surface area contributed by atoms with Gasteiger partial charge in [0, 0.05) is 25.4 Å². The first-order valence-corrected chi connectivity index (χ1v) is 5.55. The lowest BCUT2D eigenvalue weighted by molar-refractivity contribution is 0.0888. The van der Waals surface area contributed by atoms with Crippen molar-refractivity contribution in [3.05, 3.63) is 23.4 Å². The van der Waals surface area contributed by atoms with Gasteiger partial charge in [-0.15, -0.1) is 0 Å². The highest BCUT2D eigenvalue weighted by atomic mass is 16.5. The van der Waals surface area contributed by atoms with Gasteiger partial charge >= 0.3 is 0 Å². The van der Waals surface area contributed by atoms with Gasteiger partial charge in [0.05, 0.1) is 6.61 Å². The molecule has 0 aliphatic rings. The zero-order valence-corrected chi connectivity index (χ0v) is 10.2. The molecule has 0 amide bonds. The van der Waals surface area contributed by atoms with Crippen LogP contribution in [0.1, 0.15) is 25.1 Å². The summed E-state index contributed by atoms with van der Waals surface area (Å²) in [6.07, 6.45) is 0.873. The number of nitrogens with two attached hydrogens (primary N) is 1. The molecular formula is C12H20N2O2. The molecule has 1 aromatic heterocycles. The highest BCUT2D eigenvalue weighted by Gasteiger charge is 2.06. The molecule has 4 heteroatoms. The average Bonchev–Trinajstić information content (AvgIpc) is 2.28. The van der Waals surface area contributed by atoms with Crippen molar-refractivity contribution in [3.63, 3.8) is 0 Å². The van der Waals surface area contributed by atoms with E-state index < -0.39 is 0 Å². The van der Waals surface area contributed by atoms with Crippen molar-refractivity contribution in [3.8, 4) is 5.88 Å². The van der Waals surface area contributed by atoms with Gasteiger partial charge in [-0.2, -0.15) is 0 Å². The molecule has 1 heterocycles. The van der Waals surface area contributed by atoms with Crippen molar-refractivity contribution in [2.24, 2.45) is 5.73 Å². The van der Waals surface area contributed by atoms with Crippen molar-refractivity contribution in [2.45, 2.75) is 32.9 Å². The third kappa shape index (κ3) is 3.79. The molecule has 1 unspecified atom stereocenters. The van der Waals surface area contributed by atoms with Crippen molar-refractivity contribution in [1.29, 1.82) is 0 Å². The predicted molar refractivity (Wildman–Crippen MR) is 63.5 cm³/mol. The monoisotopic (exact) mass is 224 g/mol. The van der Waals surface area contributed by atoms with E-state index in [2.05, 4.69) is 11.9 Å². The van der Waals surface area contributed by atoms with E-state index in [1.165, 1.54) is 0 Å². The second kappa shape index (κ2) is 6.45. The highest BCUT2D eigenvalue weighted by Crippen LogP contribution is 2.14. The molecule has 2 N–H and O–H groups in total. The summed E-state index contributed by atoms with van der Waals surface area (Å²) in [6.45, 7) is 5.07. The first-order valence-electron chi connectivity index (χ1n) is 5.55. The summed E-state index contributed by atoms with van der Waals surface area (Å²) in [5.74, 6) is 0.629. The van der Waals surface area contributed by atoms with Crippen LogP contribution in [-0.4, -0.2) is 24.8 Å². The minimum atomic E-state index is -0.00442. The number of aryl methyl sites for hydroxylation is 1. The molecule has 0 fully saturated rings. The zero-order valence-electron chi connectivity index (χ0n) is 10.2. The highest BCUT2D eigenvalue weighted by molar-refractivity contribution is 5.25. The lowest BCUT2D eigenvalue weighted by Crippen LogP contribution is -2.19. The van der Waals surface area contributed by atoms with Gasteiger partial charge in [0.1, 0.15) is 6.10 Å². The largest absolute Gasteiger partial charge is 0.472 e. The van der Waals surface area contributed by atoms with E-state index in [-0.39, 0.29) is 6.10 Å². The lowest BCUT2D eigenvalue weighted by Gasteiger charge is -2.14. The Balaban J connectivity index is 2.78. The van der Waals surface area contributed by atoms with E-state index in [9.17, 15) is 0 Å². The van der Waals surface area contributed by atoms with Crippen LogP contribution in [0.3, 0.4) is 0 Å². The molecule has 0 aliphatic carbocycles. The van der Waals surface area contributed by atoms with E-state index in [1.54, 1.807) is 7.11 Å². The van der Waals surface area contributed by atoms with Crippen LogP contribution in [0.15, 0.2) is 12.1 Å². The second-order valence-corrected chi connectivity index (χ2v) is 3.75. The number of aromatic nitrogens is 1. The standard InChI is InChI=1S/C12H20N2O2/c1-4-11-5-10(7-13)6-12(14-11)16-9(2)8-15-3/h5-6,9H,4,7-8,13H2,1-3H3. The molecule has 0 aliphatic heterocycles. The maximum atomic E-state index is 5.65. The molecule has 0 bridgehead atoms. The number of hydrogen-bond acceptors (Lipinski definition) is 4. The van der Waals surface area contributed by atoms with Gasteiger partial charge in [0.2, 0.25) is 5.88 Å². The number of nitrogens with zero attached hydrogens (tertiary/aromatic N) is 1. The molecule has 90 valence electrons. The van der Waals surface area contributed by atoms with Crippen LogP contribution < -0.4 is 10.5 Å². The van der Waals surface area contributed by atoms with E-state index >= 15 is 0 Å². The van der Waals surface area contributed by atoms with E-state index in [0.29, 0.717) is 19.0 Å². The van der Waals surface area contributed by atoms with Crippen molar-refractivity contribution in [2.75, 3.05) is 13.7 Å². The van der Waals surface area contributed by atoms with Gasteiger partial charge in [0.15, 0.2) is 0 Å². The average molecular weight is 224 g/mol. The fourth-order valence-electron chi connectivity index (χ4n) is 1.45. The third-order valence-electron chi connectivity index (χ3n) is 2.24. The van der Waals surface area contributed by atoms with Crippen LogP contribution in [-0.2, 0) is 17.7 Å². The van der Waals surface area contributed by atoms with Crippen molar-refractivity contribution >= 4 is 0 Å². The first-order chi connectivity index (χ1) is 7.69. The van der Waals surface area contributed by atoms with Crippen LogP contribution in [0.25, 0.3) is 0 Å². The number of hydrogen-bond donors (Lipinski definition) is 1. The Kier molecular flexibility index (Phi) is 5.22. The van der Waals surface area contributed by atoms with E-state index in [4.69, 9.17) is 15.2 Å². The summed E-state index contributed by atoms with van der Waals surface area (Å²) in [5, 5.41) is 0. The quantitative estimate of drug-likeness (QED) is 0.796. The number of ether oxygens (including phenoxy) is 2. The molecule has 1 rings (SSSR count). The summed E-state index contributed by atoms with van der Waals surface area (Å²) < 4.78 is 10.7. The van der Waals surface area contributed by atoms with E-state index in [1.807, 2.05) is 19.1 Å². The molecular weight excluding hydrogens is 204 g/mol. The van der Waals surface area contributed by atoms with Crippen LogP contribution in [0.5, 0.6) is 5.88 Å². The molecule has 0 radical (unpaired) electrons. The van der Waals surface area contributed by atoms with Crippen LogP contribution in [0.4, 0.5) is 0 Å². The van der Waals surface area contributed by atoms with Gasteiger partial charge in [-0.1, -0.05) is 6.92 Å². The summed E-state index contributed by atoms with van der Waals surface area (Å²) in [7, 11) is 1.65. The molecule has 1 atom stereocenters. The Bertz CT molecular complexity index is 307. The minimum Gasteiger partial charge on any atom is -0.472 e. The van der Waals surface area contributed by atoms with Crippen LogP contribution in [0.2, 0.25) is 0 Å². The SMILES string of the molecule is CCc1cc(CN)cc(OC(C)COC)n1. The summed E-state index contributed by atoms with van der Waals surface area (Å²) in [5.41, 5.74) is 7.67. The topological polar surface area (TPSA) is 57.4 Å². The van der Waals surface area contributed by atoms with Crippen molar-refractivity contribution < 1.29 is 9.47 Å². The maximum Gasteiger partial charge on any atom is 0.214 e. The Hall–Kier alpha value is -1.13. The summed E-state index contributed by atoms with van der Waals surface area (Å²) in [4.78, 5) is 4.39. The molecule has 0 saturated carbocycles.